The molecule has 0 amide bonds. The third kappa shape index (κ3) is 2.28. The summed E-state index contributed by atoms with van der Waals surface area (Å²) in [6.45, 7) is 0. The summed E-state index contributed by atoms with van der Waals surface area (Å²) in [4.78, 5) is 0. The van der Waals surface area contributed by atoms with E-state index < -0.39 is 0 Å². The van der Waals surface area contributed by atoms with Crippen LogP contribution in [0.4, 0.5) is 11.4 Å². The Kier molecular flexibility index (Phi) is 3.16. The molecule has 1 N–H and O–H groups in total. The Balaban J connectivity index is 1.62. The van der Waals surface area contributed by atoms with Gasteiger partial charge >= 0.3 is 0 Å². The van der Waals surface area contributed by atoms with Gasteiger partial charge in [0.1, 0.15) is 11.2 Å². The maximum atomic E-state index is 8.90. The van der Waals surface area contributed by atoms with Crippen molar-refractivity contribution in [1.82, 2.24) is 0 Å². The number of benzene rings is 4. The number of hydrogen-bond donors (Lipinski definition) is 1. The molecule has 0 fully saturated rings. The van der Waals surface area contributed by atoms with Crippen molar-refractivity contribution < 1.29 is 4.42 Å². The van der Waals surface area contributed by atoms with Crippen LogP contribution in [-0.2, 0) is 0 Å². The lowest BCUT2D eigenvalue weighted by Crippen LogP contribution is -1.89. The molecule has 0 aliphatic heterocycles. The summed E-state index contributed by atoms with van der Waals surface area (Å²) >= 11 is 0. The van der Waals surface area contributed by atoms with E-state index in [-0.39, 0.29) is 0 Å². The lowest BCUT2D eigenvalue weighted by atomic mass is 10.0. The molecule has 26 heavy (non-hydrogen) atoms. The summed E-state index contributed by atoms with van der Waals surface area (Å²) in [5.41, 5.74) is 4.29. The molecule has 5 aromatic rings. The van der Waals surface area contributed by atoms with Gasteiger partial charge in [-0.3, -0.25) is 0 Å². The first kappa shape index (κ1) is 14.6. The van der Waals surface area contributed by atoms with Gasteiger partial charge in [-0.15, -0.1) is 0 Å². The summed E-state index contributed by atoms with van der Waals surface area (Å²) in [5, 5.41) is 16.9. The molecule has 0 radical (unpaired) electrons. The molecular formula is C23H14N2O. The number of furan rings is 1. The fourth-order valence-electron chi connectivity index (χ4n) is 3.42. The van der Waals surface area contributed by atoms with Gasteiger partial charge in [0.15, 0.2) is 0 Å². The minimum Gasteiger partial charge on any atom is -0.456 e. The van der Waals surface area contributed by atoms with Gasteiger partial charge in [-0.25, -0.2) is 0 Å². The molecule has 0 aliphatic carbocycles. The van der Waals surface area contributed by atoms with Crippen LogP contribution in [-0.4, -0.2) is 0 Å². The molecular weight excluding hydrogens is 320 g/mol. The van der Waals surface area contributed by atoms with Gasteiger partial charge in [-0.1, -0.05) is 30.3 Å². The number of nitriles is 1. The topological polar surface area (TPSA) is 49.0 Å². The molecule has 0 spiro atoms. The molecule has 5 rings (SSSR count). The van der Waals surface area contributed by atoms with Crippen LogP contribution in [0, 0.1) is 11.3 Å². The predicted molar refractivity (Wildman–Crippen MR) is 106 cm³/mol. The van der Waals surface area contributed by atoms with Crippen LogP contribution in [0.25, 0.3) is 32.7 Å². The van der Waals surface area contributed by atoms with Gasteiger partial charge in [-0.05, 0) is 53.2 Å². The molecule has 3 nitrogen and oxygen atoms in total. The highest BCUT2D eigenvalue weighted by atomic mass is 16.3. The molecule has 0 atom stereocenters. The highest BCUT2D eigenvalue weighted by molar-refractivity contribution is 6.19. The molecule has 0 bridgehead atoms. The van der Waals surface area contributed by atoms with Crippen molar-refractivity contribution in [2.24, 2.45) is 0 Å². The van der Waals surface area contributed by atoms with Crippen LogP contribution in [0.15, 0.2) is 83.3 Å². The molecule has 1 heterocycles. The number of rotatable bonds is 2. The molecule has 0 saturated carbocycles. The average Bonchev–Trinajstić information content (AvgIpc) is 3.07. The minimum atomic E-state index is 0.648. The molecule has 4 aromatic carbocycles. The van der Waals surface area contributed by atoms with E-state index in [0.29, 0.717) is 5.56 Å². The summed E-state index contributed by atoms with van der Waals surface area (Å²) in [6.07, 6.45) is 0. The van der Waals surface area contributed by atoms with Crippen molar-refractivity contribution in [3.63, 3.8) is 0 Å². The number of anilines is 2. The van der Waals surface area contributed by atoms with E-state index in [4.69, 9.17) is 9.68 Å². The van der Waals surface area contributed by atoms with E-state index in [1.807, 2.05) is 24.3 Å². The fraction of sp³-hybridized carbons (Fsp3) is 0. The van der Waals surface area contributed by atoms with Crippen molar-refractivity contribution in [1.29, 1.82) is 5.26 Å². The first-order valence-electron chi connectivity index (χ1n) is 8.43. The van der Waals surface area contributed by atoms with Gasteiger partial charge in [-0.2, -0.15) is 5.26 Å². The van der Waals surface area contributed by atoms with Crippen LogP contribution >= 0.6 is 0 Å². The zero-order chi connectivity index (χ0) is 17.5. The summed E-state index contributed by atoms with van der Waals surface area (Å²) < 4.78 is 6.09. The lowest BCUT2D eigenvalue weighted by Gasteiger charge is -2.06. The summed E-state index contributed by atoms with van der Waals surface area (Å²) in [5.74, 6) is 0. The highest BCUT2D eigenvalue weighted by Gasteiger charge is 2.10. The zero-order valence-corrected chi connectivity index (χ0v) is 13.9. The fourth-order valence-corrected chi connectivity index (χ4v) is 3.42. The molecule has 0 aliphatic rings. The Morgan fingerprint density at radius 2 is 1.54 bits per heavy atom. The normalized spacial score (nSPS) is 11.0. The van der Waals surface area contributed by atoms with Crippen molar-refractivity contribution >= 4 is 44.1 Å². The van der Waals surface area contributed by atoms with Gasteiger partial charge in [0, 0.05) is 28.2 Å². The van der Waals surface area contributed by atoms with E-state index in [1.165, 1.54) is 10.8 Å². The lowest BCUT2D eigenvalue weighted by molar-refractivity contribution is 0.669. The van der Waals surface area contributed by atoms with Crippen LogP contribution in [0.5, 0.6) is 0 Å². The average molecular weight is 334 g/mol. The second kappa shape index (κ2) is 5.65. The second-order valence-corrected chi connectivity index (χ2v) is 6.29. The second-order valence-electron chi connectivity index (χ2n) is 6.29. The van der Waals surface area contributed by atoms with E-state index in [2.05, 4.69) is 53.9 Å². The Morgan fingerprint density at radius 1 is 0.731 bits per heavy atom. The summed E-state index contributed by atoms with van der Waals surface area (Å²) in [7, 11) is 0. The predicted octanol–water partition coefficient (Wildman–Crippen LogP) is 6.35. The number of hydrogen-bond acceptors (Lipinski definition) is 3. The van der Waals surface area contributed by atoms with Crippen LogP contribution in [0.3, 0.4) is 0 Å². The first-order chi connectivity index (χ1) is 12.8. The first-order valence-corrected chi connectivity index (χ1v) is 8.43. The van der Waals surface area contributed by atoms with Crippen molar-refractivity contribution in [2.45, 2.75) is 0 Å². The van der Waals surface area contributed by atoms with Gasteiger partial charge in [0.25, 0.3) is 0 Å². The van der Waals surface area contributed by atoms with Gasteiger partial charge < -0.3 is 9.73 Å². The Labute approximate surface area is 150 Å². The smallest absolute Gasteiger partial charge is 0.137 e. The van der Waals surface area contributed by atoms with Crippen molar-refractivity contribution in [2.75, 3.05) is 5.32 Å². The number of nitrogens with zero attached hydrogens (tertiary/aromatic N) is 1. The molecule has 0 saturated heterocycles. The third-order valence-electron chi connectivity index (χ3n) is 4.66. The number of nitrogens with one attached hydrogen (secondary N) is 1. The maximum Gasteiger partial charge on any atom is 0.137 e. The Hall–Kier alpha value is -3.77. The van der Waals surface area contributed by atoms with E-state index in [1.54, 1.807) is 12.1 Å². The van der Waals surface area contributed by atoms with Crippen LogP contribution in [0.2, 0.25) is 0 Å². The molecule has 3 heteroatoms. The van der Waals surface area contributed by atoms with Crippen LogP contribution < -0.4 is 5.32 Å². The van der Waals surface area contributed by atoms with E-state index in [0.717, 1.165) is 33.3 Å². The van der Waals surface area contributed by atoms with Crippen molar-refractivity contribution in [3.05, 3.63) is 84.4 Å². The molecule has 0 unspecified atom stereocenters. The zero-order valence-electron chi connectivity index (χ0n) is 13.9. The van der Waals surface area contributed by atoms with E-state index in [9.17, 15) is 0 Å². The highest BCUT2D eigenvalue weighted by Crippen LogP contribution is 2.36. The summed E-state index contributed by atoms with van der Waals surface area (Å²) in [6, 6.07) is 28.2. The van der Waals surface area contributed by atoms with Crippen molar-refractivity contribution in [3.8, 4) is 6.07 Å². The maximum absolute atomic E-state index is 8.90. The largest absolute Gasteiger partial charge is 0.456 e. The minimum absolute atomic E-state index is 0.648. The van der Waals surface area contributed by atoms with Gasteiger partial charge in [0.05, 0.1) is 11.6 Å². The third-order valence-corrected chi connectivity index (χ3v) is 4.66. The quantitative estimate of drug-likeness (QED) is 0.409. The Morgan fingerprint density at radius 3 is 2.38 bits per heavy atom. The monoisotopic (exact) mass is 334 g/mol. The van der Waals surface area contributed by atoms with Gasteiger partial charge in [0.2, 0.25) is 0 Å². The Bertz CT molecular complexity index is 1310. The number of fused-ring (bicyclic) bond motifs is 5. The molecule has 122 valence electrons. The SMILES string of the molecule is N#Cc1ccc(Nc2ccc3c(c2)oc2ccc4ccccc4c23)cc1. The standard InChI is InChI=1S/C23H14N2O/c24-14-15-5-8-17(9-6-15)25-18-10-11-20-22(13-18)26-21-12-7-16-3-1-2-4-19(16)23(20)21/h1-13,25H. The van der Waals surface area contributed by atoms with E-state index >= 15 is 0 Å². The molecule has 1 aromatic heterocycles. The van der Waals surface area contributed by atoms with Crippen LogP contribution in [0.1, 0.15) is 5.56 Å².